The predicted octanol–water partition coefficient (Wildman–Crippen LogP) is 23.0. The molecule has 0 bridgehead atoms. The number of halogens is 26. The van der Waals surface area contributed by atoms with Gasteiger partial charge in [0.2, 0.25) is 0 Å². The minimum absolute atomic E-state index is 0.0350. The van der Waals surface area contributed by atoms with Crippen LogP contribution in [0.1, 0.15) is 165 Å². The number of rotatable bonds is 44. The maximum atomic E-state index is 14.5. The molecule has 0 aliphatic rings. The summed E-state index contributed by atoms with van der Waals surface area (Å²) in [5.41, 5.74) is 3.48. The van der Waals surface area contributed by atoms with Gasteiger partial charge in [0.15, 0.2) is 16.6 Å². The molecule has 0 aromatic heterocycles. The van der Waals surface area contributed by atoms with Crippen molar-refractivity contribution in [1.82, 2.24) is 0 Å². The molecule has 4 unspecified atom stereocenters. The minimum atomic E-state index is -8.09. The van der Waals surface area contributed by atoms with E-state index < -0.39 is 143 Å². The minimum Gasteiger partial charge on any atom is -0.508 e. The third kappa shape index (κ3) is 23.5. The highest BCUT2D eigenvalue weighted by molar-refractivity contribution is 6.73. The smallest absolute Gasteiger partial charge is 0.460 e. The van der Waals surface area contributed by atoms with Crippen LogP contribution in [-0.2, 0) is 21.7 Å². The highest BCUT2D eigenvalue weighted by Gasteiger charge is 2.92. The van der Waals surface area contributed by atoms with Crippen LogP contribution in [0.5, 0.6) is 11.5 Å². The monoisotopic (exact) mass is 1510 g/mol. The van der Waals surface area contributed by atoms with Gasteiger partial charge in [0.25, 0.3) is 0 Å². The summed E-state index contributed by atoms with van der Waals surface area (Å²) in [6.45, 7) is 16.7. The summed E-state index contributed by atoms with van der Waals surface area (Å²) in [6, 6.07) is 8.81. The van der Waals surface area contributed by atoms with E-state index in [9.17, 15) is 124 Å². The summed E-state index contributed by atoms with van der Waals surface area (Å²) >= 11 is 0. The van der Waals surface area contributed by atoms with Crippen molar-refractivity contribution in [3.63, 3.8) is 0 Å². The van der Waals surface area contributed by atoms with Crippen LogP contribution in [0.15, 0.2) is 36.4 Å². The van der Waals surface area contributed by atoms with Crippen LogP contribution in [0.3, 0.4) is 0 Å². The fraction of sp³-hybridized carbons (Fsp3) is 0.806. The van der Waals surface area contributed by atoms with Gasteiger partial charge in [0.1, 0.15) is 11.5 Å². The predicted molar refractivity (Wildman–Crippen MR) is 329 cm³/mol. The molecule has 0 fully saturated rings. The van der Waals surface area contributed by atoms with E-state index in [2.05, 4.69) is 39.2 Å². The fourth-order valence-electron chi connectivity index (χ4n) is 10.8. The van der Waals surface area contributed by atoms with Crippen molar-refractivity contribution in [3.8, 4) is 11.5 Å². The van der Waals surface area contributed by atoms with Crippen LogP contribution < -0.4 is 0 Å². The van der Waals surface area contributed by atoms with E-state index in [4.69, 9.17) is 8.85 Å². The van der Waals surface area contributed by atoms with Gasteiger partial charge in [-0.2, -0.15) is 114 Å². The number of aryl methyl sites for hydroxylation is 4. The number of aromatic hydroxyl groups is 2. The third-order valence-corrected chi connectivity index (χ3v) is 30.5. The largest absolute Gasteiger partial charge is 0.508 e. The maximum Gasteiger partial charge on any atom is 0.460 e. The molecule has 0 saturated carbocycles. The molecular formula is C62H94F26O4Si4. The lowest BCUT2D eigenvalue weighted by atomic mass is 9.93. The Kier molecular flexibility index (Phi) is 34.4. The van der Waals surface area contributed by atoms with Crippen molar-refractivity contribution < 1.29 is 133 Å². The lowest BCUT2D eigenvalue weighted by Gasteiger charge is -2.39. The molecule has 2 aromatic rings. The zero-order chi connectivity index (χ0) is 74.8. The normalized spacial score (nSPS) is 15.8. The molecular weight excluding hydrogens is 1410 g/mol. The topological polar surface area (TPSA) is 58.9 Å². The molecule has 34 heteroatoms. The summed E-state index contributed by atoms with van der Waals surface area (Å²) in [6.07, 6.45) is -3.92. The molecule has 0 heterocycles. The van der Waals surface area contributed by atoms with Gasteiger partial charge in [-0.25, -0.2) is 0 Å². The van der Waals surface area contributed by atoms with Crippen LogP contribution in [0.25, 0.3) is 0 Å². The molecule has 564 valence electrons. The Morgan fingerprint density at radius 2 is 0.719 bits per heavy atom. The molecule has 0 spiro atoms. The molecule has 0 saturated heterocycles. The quantitative estimate of drug-likeness (QED) is 0.0394. The molecule has 0 aliphatic carbocycles. The van der Waals surface area contributed by atoms with Crippen LogP contribution in [0, 0.1) is 13.8 Å². The Bertz CT molecular complexity index is 2600. The van der Waals surface area contributed by atoms with Gasteiger partial charge in [0.05, 0.1) is 0 Å². The molecule has 2 rings (SSSR count). The number of hydrogen-bond donors (Lipinski definition) is 2. The van der Waals surface area contributed by atoms with Crippen molar-refractivity contribution >= 4 is 35.7 Å². The number of unbranched alkanes of at least 4 members (excludes halogenated alkanes) is 10. The van der Waals surface area contributed by atoms with Crippen molar-refractivity contribution in [2.45, 2.75) is 301 Å². The SMILES string of the molecule is CO[Si](C)(C)C(C)CCC(CCCCCCCCc1ccc(C)c(O)c1)[Si](C)(C)OC.Cc1ccc(CCCCCCCCC(CCC(C)[SiH2]CCC(F)(F)C(F)(F)C(F)(F)C(F)(F)C(F)(F)C(F)(F)F)[SiH2]CCC(F)(F)C(F)(F)C(F)(F)C(F)(F)C(F)(F)C(F)(F)F)cc1O. The number of alkyl halides is 26. The number of phenols is 2. The van der Waals surface area contributed by atoms with Gasteiger partial charge >= 0.3 is 71.6 Å². The molecule has 0 aliphatic heterocycles. The lowest BCUT2D eigenvalue weighted by molar-refractivity contribution is -0.439. The lowest BCUT2D eigenvalue weighted by Crippen LogP contribution is -2.70. The summed E-state index contributed by atoms with van der Waals surface area (Å²) in [7, 11) is -3.85. The van der Waals surface area contributed by atoms with E-state index in [0.717, 1.165) is 23.1 Å². The van der Waals surface area contributed by atoms with Crippen molar-refractivity contribution in [3.05, 3.63) is 58.7 Å². The number of hydrogen-bond acceptors (Lipinski definition) is 4. The highest BCUT2D eigenvalue weighted by Crippen LogP contribution is 2.63. The van der Waals surface area contributed by atoms with E-state index in [1.54, 1.807) is 25.1 Å². The van der Waals surface area contributed by atoms with Crippen molar-refractivity contribution in [2.75, 3.05) is 14.2 Å². The van der Waals surface area contributed by atoms with Gasteiger partial charge in [-0.05, 0) is 111 Å². The first-order valence-corrected chi connectivity index (χ1v) is 41.6. The molecule has 0 amide bonds. The van der Waals surface area contributed by atoms with Crippen molar-refractivity contribution in [2.24, 2.45) is 0 Å². The second kappa shape index (κ2) is 36.2. The van der Waals surface area contributed by atoms with Gasteiger partial charge in [-0.15, -0.1) is 0 Å². The highest BCUT2D eigenvalue weighted by atomic mass is 28.4. The second-order valence-corrected chi connectivity index (χ2v) is 40.8. The molecule has 96 heavy (non-hydrogen) atoms. The van der Waals surface area contributed by atoms with E-state index in [1.807, 2.05) is 33.3 Å². The Balaban J connectivity index is 0.00000124. The zero-order valence-electron chi connectivity index (χ0n) is 55.7. The first-order valence-electron chi connectivity index (χ1n) is 32.0. The summed E-state index contributed by atoms with van der Waals surface area (Å²) in [5.74, 6) is -75.1. The van der Waals surface area contributed by atoms with Gasteiger partial charge in [0, 0.05) is 46.1 Å². The Morgan fingerprint density at radius 1 is 0.385 bits per heavy atom. The Labute approximate surface area is 552 Å². The standard InChI is InChI=1S/C36H44F26OSi2.C26H50O3Si2/c1-20-11-13-22(19-24(20)63)9-7-5-3-4-6-8-10-23(65-18-16-26(39,40)28(43,44)30(47,48)32(51,52)34(55,56)36(60,61)62)14-12-21(2)64-17-15-25(37,38)27(41,42)29(45,46)31(49,50)33(53,54)35(57,58)59;1-22-17-19-24(21-26(22)27)15-13-11-9-10-12-14-16-25(31(7,8)29-4)20-18-23(2)30(5,6)28-3/h11,13,19,21,23,63H,3-10,12,14-18,64-65H2,1-2H3;17,19,21,23,25,27H,9-16,18,20H2,1-8H3. The average Bonchev–Trinajstić information content (AvgIpc) is 0.720. The van der Waals surface area contributed by atoms with Crippen LogP contribution in [0.2, 0.25) is 60.4 Å². The van der Waals surface area contributed by atoms with Crippen LogP contribution in [0.4, 0.5) is 114 Å². The van der Waals surface area contributed by atoms with Gasteiger partial charge in [-0.1, -0.05) is 164 Å². The van der Waals surface area contributed by atoms with Gasteiger partial charge in [-0.3, -0.25) is 0 Å². The molecule has 0 radical (unpaired) electrons. The molecule has 2 aromatic carbocycles. The van der Waals surface area contributed by atoms with E-state index in [0.29, 0.717) is 55.4 Å². The van der Waals surface area contributed by atoms with E-state index >= 15 is 0 Å². The molecule has 2 N–H and O–H groups in total. The molecule has 4 atom stereocenters. The average molecular weight is 1510 g/mol. The zero-order valence-corrected chi connectivity index (χ0v) is 60.5. The number of phenolic OH excluding ortho intramolecular Hbond substituents is 2. The fourth-order valence-corrected chi connectivity index (χ4v) is 18.4. The third-order valence-electron chi connectivity index (χ3n) is 18.7. The summed E-state index contributed by atoms with van der Waals surface area (Å²) in [4.78, 5) is 0. The van der Waals surface area contributed by atoms with E-state index in [-0.39, 0.29) is 31.4 Å². The Hall–Kier alpha value is -2.99. The first-order chi connectivity index (χ1) is 43.4. The van der Waals surface area contributed by atoms with Gasteiger partial charge < -0.3 is 19.1 Å². The van der Waals surface area contributed by atoms with E-state index in [1.165, 1.54) is 70.3 Å². The van der Waals surface area contributed by atoms with Crippen molar-refractivity contribution in [1.29, 1.82) is 0 Å². The second-order valence-electron chi connectivity index (χ2n) is 26.7. The Morgan fingerprint density at radius 3 is 1.07 bits per heavy atom. The van der Waals surface area contributed by atoms with Crippen LogP contribution >= 0.6 is 0 Å². The summed E-state index contributed by atoms with van der Waals surface area (Å²) < 4.78 is 363. The number of benzene rings is 2. The maximum absolute atomic E-state index is 14.5. The summed E-state index contributed by atoms with van der Waals surface area (Å²) in [5, 5.41) is 19.6. The van der Waals surface area contributed by atoms with Crippen LogP contribution in [-0.4, -0.2) is 132 Å². The first kappa shape index (κ1) is 91.0. The molecule has 4 nitrogen and oxygen atoms in total.